The van der Waals surface area contributed by atoms with E-state index in [4.69, 9.17) is 0 Å². The molecule has 0 saturated carbocycles. The summed E-state index contributed by atoms with van der Waals surface area (Å²) in [6.07, 6.45) is 0. The first-order valence-corrected chi connectivity index (χ1v) is 11.1. The van der Waals surface area contributed by atoms with Gasteiger partial charge in [0.25, 0.3) is 0 Å². The van der Waals surface area contributed by atoms with Crippen LogP contribution in [0.4, 0.5) is 4.39 Å². The highest BCUT2D eigenvalue weighted by molar-refractivity contribution is 9.10. The normalized spacial score (nSPS) is 11.8. The van der Waals surface area contributed by atoms with E-state index in [0.29, 0.717) is 12.4 Å². The van der Waals surface area contributed by atoms with Crippen molar-refractivity contribution >= 4 is 37.0 Å². The van der Waals surface area contributed by atoms with Crippen molar-refractivity contribution in [2.45, 2.75) is 18.0 Å². The number of para-hydroxylation sites is 2. The number of aromatic nitrogens is 2. The van der Waals surface area contributed by atoms with Gasteiger partial charge in [0.15, 0.2) is 0 Å². The highest BCUT2D eigenvalue weighted by Gasteiger charge is 2.18. The highest BCUT2D eigenvalue weighted by atomic mass is 79.9. The molecular formula is C21H17BrFN3O2S. The van der Waals surface area contributed by atoms with Crippen molar-refractivity contribution in [3.63, 3.8) is 0 Å². The van der Waals surface area contributed by atoms with Crippen LogP contribution in [-0.2, 0) is 23.1 Å². The maximum absolute atomic E-state index is 13.8. The second-order valence-corrected chi connectivity index (χ2v) is 9.11. The molecule has 1 heterocycles. The molecule has 0 spiro atoms. The zero-order valence-corrected chi connectivity index (χ0v) is 17.6. The van der Waals surface area contributed by atoms with Crippen molar-refractivity contribution in [1.82, 2.24) is 14.3 Å². The number of hydrogen-bond acceptors (Lipinski definition) is 3. The molecule has 3 aromatic carbocycles. The van der Waals surface area contributed by atoms with Crippen LogP contribution in [0.5, 0.6) is 0 Å². The molecule has 1 N–H and O–H groups in total. The summed E-state index contributed by atoms with van der Waals surface area (Å²) in [4.78, 5) is 4.46. The van der Waals surface area contributed by atoms with Crippen LogP contribution in [0, 0.1) is 5.82 Å². The lowest BCUT2D eigenvalue weighted by Crippen LogP contribution is -2.25. The van der Waals surface area contributed by atoms with Gasteiger partial charge in [-0.1, -0.05) is 42.5 Å². The SMILES string of the molecule is O=S(=O)(NCc1nc2ccccc2n1Cc1ccccc1)c1ccc(Br)c(F)c1. The number of benzene rings is 3. The van der Waals surface area contributed by atoms with Gasteiger partial charge in [-0.2, -0.15) is 0 Å². The predicted molar refractivity (Wildman–Crippen MR) is 113 cm³/mol. The Labute approximate surface area is 176 Å². The van der Waals surface area contributed by atoms with Crippen LogP contribution in [0.25, 0.3) is 11.0 Å². The smallest absolute Gasteiger partial charge is 0.241 e. The number of nitrogens with zero attached hydrogens (tertiary/aromatic N) is 2. The second-order valence-electron chi connectivity index (χ2n) is 6.49. The average molecular weight is 474 g/mol. The Balaban J connectivity index is 1.65. The van der Waals surface area contributed by atoms with E-state index in [1.807, 2.05) is 59.2 Å². The van der Waals surface area contributed by atoms with E-state index in [1.165, 1.54) is 12.1 Å². The number of halogens is 2. The zero-order valence-electron chi connectivity index (χ0n) is 15.2. The molecule has 0 aliphatic heterocycles. The average Bonchev–Trinajstić information content (AvgIpc) is 3.07. The Morgan fingerprint density at radius 2 is 1.72 bits per heavy atom. The van der Waals surface area contributed by atoms with E-state index < -0.39 is 15.8 Å². The standard InChI is InChI=1S/C21H17BrFN3O2S/c22-17-11-10-16(12-18(17)23)29(27,28)24-13-21-25-19-8-4-5-9-20(19)26(21)14-15-6-2-1-3-7-15/h1-12,24H,13-14H2. The fraction of sp³-hybridized carbons (Fsp3) is 0.0952. The van der Waals surface area contributed by atoms with Crippen LogP contribution >= 0.6 is 15.9 Å². The molecule has 0 radical (unpaired) electrons. The summed E-state index contributed by atoms with van der Waals surface area (Å²) < 4.78 is 43.7. The highest BCUT2D eigenvalue weighted by Crippen LogP contribution is 2.21. The van der Waals surface area contributed by atoms with Gasteiger partial charge in [-0.15, -0.1) is 0 Å². The molecule has 0 bridgehead atoms. The van der Waals surface area contributed by atoms with Crippen LogP contribution in [0.2, 0.25) is 0 Å². The van der Waals surface area contributed by atoms with Crippen molar-refractivity contribution < 1.29 is 12.8 Å². The van der Waals surface area contributed by atoms with Crippen LogP contribution in [0.15, 0.2) is 82.2 Å². The summed E-state index contributed by atoms with van der Waals surface area (Å²) in [7, 11) is -3.89. The molecule has 0 fully saturated rings. The molecule has 4 aromatic rings. The van der Waals surface area contributed by atoms with Gasteiger partial charge in [0.05, 0.1) is 26.9 Å². The fourth-order valence-electron chi connectivity index (χ4n) is 3.09. The van der Waals surface area contributed by atoms with Gasteiger partial charge in [-0.3, -0.25) is 0 Å². The minimum Gasteiger partial charge on any atom is -0.322 e. The van der Waals surface area contributed by atoms with Crippen molar-refractivity contribution in [2.24, 2.45) is 0 Å². The largest absolute Gasteiger partial charge is 0.322 e. The zero-order chi connectivity index (χ0) is 20.4. The molecule has 0 amide bonds. The first kappa shape index (κ1) is 19.8. The maximum Gasteiger partial charge on any atom is 0.241 e. The summed E-state index contributed by atoms with van der Waals surface area (Å²) >= 11 is 3.03. The molecule has 0 aliphatic carbocycles. The van der Waals surface area contributed by atoms with E-state index in [0.717, 1.165) is 22.7 Å². The van der Waals surface area contributed by atoms with E-state index in [1.54, 1.807) is 0 Å². The van der Waals surface area contributed by atoms with Gasteiger partial charge in [0.2, 0.25) is 10.0 Å². The minimum absolute atomic E-state index is 0.0124. The number of fused-ring (bicyclic) bond motifs is 1. The van der Waals surface area contributed by atoms with E-state index in [2.05, 4.69) is 25.6 Å². The Bertz CT molecular complexity index is 1270. The molecule has 148 valence electrons. The number of sulfonamides is 1. The van der Waals surface area contributed by atoms with Crippen molar-refractivity contribution in [1.29, 1.82) is 0 Å². The Hall–Kier alpha value is -2.55. The third kappa shape index (κ3) is 4.24. The van der Waals surface area contributed by atoms with Gasteiger partial charge < -0.3 is 4.57 Å². The van der Waals surface area contributed by atoms with Gasteiger partial charge in [0.1, 0.15) is 11.6 Å². The lowest BCUT2D eigenvalue weighted by atomic mass is 10.2. The Morgan fingerprint density at radius 3 is 2.48 bits per heavy atom. The Morgan fingerprint density at radius 1 is 1.00 bits per heavy atom. The summed E-state index contributed by atoms with van der Waals surface area (Å²) in [5.41, 5.74) is 2.78. The van der Waals surface area contributed by atoms with Gasteiger partial charge in [-0.25, -0.2) is 22.5 Å². The number of nitrogens with one attached hydrogen (secondary N) is 1. The van der Waals surface area contributed by atoms with E-state index >= 15 is 0 Å². The number of rotatable bonds is 6. The van der Waals surface area contributed by atoms with Crippen LogP contribution in [0.1, 0.15) is 11.4 Å². The Kier molecular flexibility index (Phi) is 5.49. The number of imidazole rings is 1. The van der Waals surface area contributed by atoms with E-state index in [-0.39, 0.29) is 15.9 Å². The molecule has 0 aliphatic rings. The van der Waals surface area contributed by atoms with E-state index in [9.17, 15) is 12.8 Å². The lowest BCUT2D eigenvalue weighted by Gasteiger charge is -2.11. The summed E-state index contributed by atoms with van der Waals surface area (Å²) in [6, 6.07) is 21.2. The summed E-state index contributed by atoms with van der Waals surface area (Å²) in [6.45, 7) is 0.548. The lowest BCUT2D eigenvalue weighted by molar-refractivity contribution is 0.572. The molecule has 0 saturated heterocycles. The molecule has 8 heteroatoms. The molecule has 1 aromatic heterocycles. The van der Waals surface area contributed by atoms with Crippen LogP contribution in [-0.4, -0.2) is 18.0 Å². The maximum atomic E-state index is 13.8. The van der Waals surface area contributed by atoms with Crippen molar-refractivity contribution in [3.8, 4) is 0 Å². The third-order valence-electron chi connectivity index (χ3n) is 4.54. The van der Waals surface area contributed by atoms with Gasteiger partial charge in [-0.05, 0) is 51.8 Å². The van der Waals surface area contributed by atoms with Gasteiger partial charge in [0, 0.05) is 6.54 Å². The molecule has 4 rings (SSSR count). The van der Waals surface area contributed by atoms with Gasteiger partial charge >= 0.3 is 0 Å². The topological polar surface area (TPSA) is 64.0 Å². The molecular weight excluding hydrogens is 457 g/mol. The molecule has 0 atom stereocenters. The second kappa shape index (κ2) is 8.06. The summed E-state index contributed by atoms with van der Waals surface area (Å²) in [5.74, 6) is -0.0552. The van der Waals surface area contributed by atoms with Crippen LogP contribution < -0.4 is 4.72 Å². The quantitative estimate of drug-likeness (QED) is 0.449. The first-order chi connectivity index (χ1) is 13.9. The predicted octanol–water partition coefficient (Wildman–Crippen LogP) is 4.46. The fourth-order valence-corrected chi connectivity index (χ4v) is 4.33. The van der Waals surface area contributed by atoms with Crippen molar-refractivity contribution in [2.75, 3.05) is 0 Å². The first-order valence-electron chi connectivity index (χ1n) is 8.87. The molecule has 29 heavy (non-hydrogen) atoms. The monoisotopic (exact) mass is 473 g/mol. The number of hydrogen-bond donors (Lipinski definition) is 1. The third-order valence-corrected chi connectivity index (χ3v) is 6.58. The molecule has 5 nitrogen and oxygen atoms in total. The van der Waals surface area contributed by atoms with Crippen LogP contribution in [0.3, 0.4) is 0 Å². The minimum atomic E-state index is -3.89. The van der Waals surface area contributed by atoms with Crippen molar-refractivity contribution in [3.05, 3.63) is 94.5 Å². The molecule has 0 unspecified atom stereocenters. The summed E-state index contributed by atoms with van der Waals surface area (Å²) in [5, 5.41) is 0.